The molecule has 1 aliphatic carbocycles. The van der Waals surface area contributed by atoms with Crippen molar-refractivity contribution in [1.82, 2.24) is 5.32 Å². The van der Waals surface area contributed by atoms with Gasteiger partial charge >= 0.3 is 0 Å². The van der Waals surface area contributed by atoms with Crippen LogP contribution in [-0.2, 0) is 0 Å². The van der Waals surface area contributed by atoms with E-state index >= 15 is 0 Å². The Labute approximate surface area is 127 Å². The largest absolute Gasteiger partial charge is 0.497 e. The van der Waals surface area contributed by atoms with Gasteiger partial charge in [0.25, 0.3) is 0 Å². The van der Waals surface area contributed by atoms with Crippen LogP contribution in [0.25, 0.3) is 0 Å². The molecule has 0 bridgehead atoms. The third-order valence-electron chi connectivity index (χ3n) is 4.81. The Hall–Kier alpha value is -1.42. The monoisotopic (exact) mass is 290 g/mol. The zero-order chi connectivity index (χ0) is 14.8. The summed E-state index contributed by atoms with van der Waals surface area (Å²) < 4.78 is 11.0. The minimum Gasteiger partial charge on any atom is -0.497 e. The lowest BCUT2D eigenvalue weighted by Crippen LogP contribution is -2.57. The molecule has 1 saturated carbocycles. The molecule has 3 rings (SSSR count). The molecule has 1 saturated heterocycles. The van der Waals surface area contributed by atoms with Crippen LogP contribution >= 0.6 is 0 Å². The van der Waals surface area contributed by atoms with Gasteiger partial charge in [-0.3, -0.25) is 0 Å². The molecule has 1 N–H and O–H groups in total. The van der Waals surface area contributed by atoms with Gasteiger partial charge in [-0.2, -0.15) is 0 Å². The molecule has 0 spiro atoms. The number of anilines is 1. The van der Waals surface area contributed by atoms with E-state index in [2.05, 4.69) is 23.2 Å². The fourth-order valence-corrected chi connectivity index (χ4v) is 3.32. The molecule has 2 fully saturated rings. The lowest BCUT2D eigenvalue weighted by atomic mass is 10.0. The molecule has 4 nitrogen and oxygen atoms in total. The number of methoxy groups -OCH3 is 2. The minimum atomic E-state index is 0.515. The third-order valence-corrected chi connectivity index (χ3v) is 4.81. The van der Waals surface area contributed by atoms with Crippen molar-refractivity contribution in [2.24, 2.45) is 5.92 Å². The highest BCUT2D eigenvalue weighted by atomic mass is 16.5. The molecular weight excluding hydrogens is 264 g/mol. The molecule has 0 aromatic heterocycles. The topological polar surface area (TPSA) is 33.7 Å². The molecule has 2 atom stereocenters. The standard InChI is InChI=1S/C17H26N2O2/c1-4-13-10-18-15(12-5-6-12)11-19(13)16-9-14(20-2)7-8-17(16)21-3/h7-9,12-13,15,18H,4-6,10-11H2,1-3H3. The Balaban J connectivity index is 1.90. The number of piperazine rings is 1. The number of nitrogens with one attached hydrogen (secondary N) is 1. The Morgan fingerprint density at radius 2 is 2.05 bits per heavy atom. The number of nitrogens with zero attached hydrogens (tertiary/aromatic N) is 1. The summed E-state index contributed by atoms with van der Waals surface area (Å²) >= 11 is 0. The molecule has 1 aliphatic heterocycles. The van der Waals surface area contributed by atoms with Crippen LogP contribution in [-0.4, -0.2) is 39.4 Å². The van der Waals surface area contributed by atoms with Crippen molar-refractivity contribution in [3.8, 4) is 11.5 Å². The summed E-state index contributed by atoms with van der Waals surface area (Å²) in [5.41, 5.74) is 1.16. The Bertz CT molecular complexity index is 488. The average molecular weight is 290 g/mol. The molecule has 4 heteroatoms. The van der Waals surface area contributed by atoms with Crippen molar-refractivity contribution in [2.45, 2.75) is 38.3 Å². The van der Waals surface area contributed by atoms with Gasteiger partial charge in [0.1, 0.15) is 11.5 Å². The predicted octanol–water partition coefficient (Wildman–Crippen LogP) is 2.67. The van der Waals surface area contributed by atoms with Crippen molar-refractivity contribution < 1.29 is 9.47 Å². The van der Waals surface area contributed by atoms with Gasteiger partial charge in [-0.1, -0.05) is 6.92 Å². The van der Waals surface area contributed by atoms with E-state index in [4.69, 9.17) is 9.47 Å². The number of rotatable bonds is 5. The van der Waals surface area contributed by atoms with Crippen molar-refractivity contribution in [3.05, 3.63) is 18.2 Å². The van der Waals surface area contributed by atoms with Crippen LogP contribution in [0.15, 0.2) is 18.2 Å². The lowest BCUT2D eigenvalue weighted by molar-refractivity contribution is 0.351. The first-order valence-electron chi connectivity index (χ1n) is 7.98. The highest BCUT2D eigenvalue weighted by Crippen LogP contribution is 2.39. The van der Waals surface area contributed by atoms with Crippen LogP contribution in [0, 0.1) is 5.92 Å². The zero-order valence-electron chi connectivity index (χ0n) is 13.3. The van der Waals surface area contributed by atoms with Gasteiger partial charge in [0.2, 0.25) is 0 Å². The first kappa shape index (κ1) is 14.5. The molecule has 2 unspecified atom stereocenters. The van der Waals surface area contributed by atoms with Crippen LogP contribution in [0.5, 0.6) is 11.5 Å². The Morgan fingerprint density at radius 1 is 1.24 bits per heavy atom. The smallest absolute Gasteiger partial charge is 0.142 e. The number of ether oxygens (including phenoxy) is 2. The summed E-state index contributed by atoms with van der Waals surface area (Å²) in [6, 6.07) is 7.21. The highest BCUT2D eigenvalue weighted by Gasteiger charge is 2.37. The molecule has 1 aromatic rings. The van der Waals surface area contributed by atoms with Gasteiger partial charge in [-0.05, 0) is 37.3 Å². The average Bonchev–Trinajstić information content (AvgIpc) is 3.38. The van der Waals surface area contributed by atoms with Gasteiger partial charge in [0.05, 0.1) is 19.9 Å². The van der Waals surface area contributed by atoms with Crippen LogP contribution in [0.2, 0.25) is 0 Å². The minimum absolute atomic E-state index is 0.515. The first-order valence-corrected chi connectivity index (χ1v) is 7.98. The fourth-order valence-electron chi connectivity index (χ4n) is 3.32. The molecule has 1 heterocycles. The van der Waals surface area contributed by atoms with E-state index in [1.165, 1.54) is 12.8 Å². The van der Waals surface area contributed by atoms with Gasteiger partial charge in [-0.25, -0.2) is 0 Å². The van der Waals surface area contributed by atoms with Crippen molar-refractivity contribution in [1.29, 1.82) is 0 Å². The number of hydrogen-bond acceptors (Lipinski definition) is 4. The molecule has 0 amide bonds. The summed E-state index contributed by atoms with van der Waals surface area (Å²) in [7, 11) is 3.46. The summed E-state index contributed by atoms with van der Waals surface area (Å²) in [5.74, 6) is 2.69. The van der Waals surface area contributed by atoms with Crippen LogP contribution in [0.4, 0.5) is 5.69 Å². The van der Waals surface area contributed by atoms with Gasteiger partial charge in [0.15, 0.2) is 0 Å². The van der Waals surface area contributed by atoms with E-state index in [0.717, 1.165) is 42.6 Å². The van der Waals surface area contributed by atoms with Crippen molar-refractivity contribution in [3.63, 3.8) is 0 Å². The van der Waals surface area contributed by atoms with E-state index in [1.54, 1.807) is 14.2 Å². The molecule has 0 radical (unpaired) electrons. The molecule has 116 valence electrons. The van der Waals surface area contributed by atoms with E-state index in [-0.39, 0.29) is 0 Å². The van der Waals surface area contributed by atoms with E-state index < -0.39 is 0 Å². The second kappa shape index (κ2) is 6.14. The second-order valence-electron chi connectivity index (χ2n) is 6.10. The molecule has 2 aliphatic rings. The lowest BCUT2D eigenvalue weighted by Gasteiger charge is -2.42. The summed E-state index contributed by atoms with van der Waals surface area (Å²) in [5, 5.41) is 3.73. The Morgan fingerprint density at radius 3 is 2.67 bits per heavy atom. The Kier molecular flexibility index (Phi) is 4.24. The summed E-state index contributed by atoms with van der Waals surface area (Å²) in [6.07, 6.45) is 3.87. The molecule has 21 heavy (non-hydrogen) atoms. The SMILES string of the molecule is CCC1CNC(C2CC2)CN1c1cc(OC)ccc1OC. The zero-order valence-corrected chi connectivity index (χ0v) is 13.3. The van der Waals surface area contributed by atoms with Gasteiger partial charge in [0, 0.05) is 31.2 Å². The van der Waals surface area contributed by atoms with Crippen molar-refractivity contribution >= 4 is 5.69 Å². The van der Waals surface area contributed by atoms with E-state index in [1.807, 2.05) is 12.1 Å². The number of benzene rings is 1. The van der Waals surface area contributed by atoms with E-state index in [0.29, 0.717) is 12.1 Å². The van der Waals surface area contributed by atoms with E-state index in [9.17, 15) is 0 Å². The normalized spacial score (nSPS) is 25.8. The molecular formula is C17H26N2O2. The fraction of sp³-hybridized carbons (Fsp3) is 0.647. The second-order valence-corrected chi connectivity index (χ2v) is 6.10. The highest BCUT2D eigenvalue weighted by molar-refractivity contribution is 5.62. The summed E-state index contributed by atoms with van der Waals surface area (Å²) in [4.78, 5) is 2.51. The predicted molar refractivity (Wildman–Crippen MR) is 85.5 cm³/mol. The van der Waals surface area contributed by atoms with Gasteiger partial charge < -0.3 is 19.7 Å². The maximum atomic E-state index is 5.58. The summed E-state index contributed by atoms with van der Waals surface area (Å²) in [6.45, 7) is 4.37. The first-order chi connectivity index (χ1) is 10.3. The van der Waals surface area contributed by atoms with Crippen molar-refractivity contribution in [2.75, 3.05) is 32.2 Å². The molecule has 1 aromatic carbocycles. The van der Waals surface area contributed by atoms with Gasteiger partial charge in [-0.15, -0.1) is 0 Å². The number of hydrogen-bond donors (Lipinski definition) is 1. The third kappa shape index (κ3) is 2.95. The maximum Gasteiger partial charge on any atom is 0.142 e. The van der Waals surface area contributed by atoms with Crippen LogP contribution < -0.4 is 19.7 Å². The van der Waals surface area contributed by atoms with Crippen LogP contribution in [0.1, 0.15) is 26.2 Å². The van der Waals surface area contributed by atoms with Crippen LogP contribution in [0.3, 0.4) is 0 Å². The maximum absolute atomic E-state index is 5.58. The quantitative estimate of drug-likeness (QED) is 0.904.